The highest BCUT2D eigenvalue weighted by Crippen LogP contribution is 2.43. The highest BCUT2D eigenvalue weighted by molar-refractivity contribution is 7.47. The number of unbranched alkanes of at least 4 members (excludes halogenated alkanes) is 37. The molecule has 0 radical (unpaired) electrons. The maximum Gasteiger partial charge on any atom is 0.472 e. The molecule has 1 amide bonds. The molecule has 0 aliphatic carbocycles. The number of phosphoric ester groups is 1. The monoisotopic (exact) mass is 1140 g/mol. The summed E-state index contributed by atoms with van der Waals surface area (Å²) in [6, 6.07) is -0.874. The quantitative estimate of drug-likeness (QED) is 0.0156. The average Bonchev–Trinajstić information content (AvgIpc) is 3.42. The minimum Gasteiger partial charge on any atom is -0.456 e. The van der Waals surface area contributed by atoms with Crippen molar-refractivity contribution >= 4 is 19.7 Å². The molecule has 0 aliphatic rings. The van der Waals surface area contributed by atoms with Gasteiger partial charge >= 0.3 is 13.8 Å². The molecular formula is C70H128N2O7P+. The molecule has 80 heavy (non-hydrogen) atoms. The molecule has 0 aromatic heterocycles. The molecule has 10 heteroatoms. The molecule has 0 aromatic carbocycles. The first-order valence-electron chi connectivity index (χ1n) is 33.5. The van der Waals surface area contributed by atoms with Gasteiger partial charge < -0.3 is 19.4 Å². The van der Waals surface area contributed by atoms with E-state index >= 15 is 0 Å². The van der Waals surface area contributed by atoms with Crippen LogP contribution in [-0.2, 0) is 27.9 Å². The van der Waals surface area contributed by atoms with Crippen molar-refractivity contribution in [2.24, 2.45) is 0 Å². The molecule has 0 fully saturated rings. The topological polar surface area (TPSA) is 111 Å². The number of ether oxygens (including phenoxy) is 1. The van der Waals surface area contributed by atoms with Crippen LogP contribution in [-0.4, -0.2) is 74.3 Å². The van der Waals surface area contributed by atoms with E-state index in [1.165, 1.54) is 193 Å². The molecule has 0 bridgehead atoms. The van der Waals surface area contributed by atoms with Crippen LogP contribution in [0.15, 0.2) is 85.1 Å². The highest BCUT2D eigenvalue weighted by atomic mass is 31.2. The number of allylic oxidation sites excluding steroid dienone is 13. The van der Waals surface area contributed by atoms with Gasteiger partial charge in [0.25, 0.3) is 0 Å². The normalized spacial score (nSPS) is 14.1. The zero-order valence-corrected chi connectivity index (χ0v) is 54.0. The van der Waals surface area contributed by atoms with Crippen molar-refractivity contribution in [1.82, 2.24) is 5.32 Å². The summed E-state index contributed by atoms with van der Waals surface area (Å²) in [5.74, 6) is -0.550. The Balaban J connectivity index is 5.14. The van der Waals surface area contributed by atoms with Gasteiger partial charge in [0, 0.05) is 12.8 Å². The van der Waals surface area contributed by atoms with Crippen LogP contribution in [0.2, 0.25) is 0 Å². The second-order valence-corrected chi connectivity index (χ2v) is 25.2. The summed E-state index contributed by atoms with van der Waals surface area (Å²) in [7, 11) is 1.46. The van der Waals surface area contributed by atoms with Crippen LogP contribution >= 0.6 is 7.82 Å². The van der Waals surface area contributed by atoms with E-state index in [0.29, 0.717) is 17.4 Å². The number of carbonyl (C=O) groups excluding carboxylic acids is 2. The van der Waals surface area contributed by atoms with E-state index in [1.54, 1.807) is 0 Å². The number of hydrogen-bond donors (Lipinski definition) is 2. The lowest BCUT2D eigenvalue weighted by molar-refractivity contribution is -0.870. The summed E-state index contributed by atoms with van der Waals surface area (Å²) < 4.78 is 30.7. The van der Waals surface area contributed by atoms with Crippen LogP contribution < -0.4 is 5.32 Å². The summed E-state index contributed by atoms with van der Waals surface area (Å²) >= 11 is 0. The van der Waals surface area contributed by atoms with Gasteiger partial charge in [0.2, 0.25) is 5.91 Å². The number of carbonyl (C=O) groups is 2. The van der Waals surface area contributed by atoms with Gasteiger partial charge in [0.1, 0.15) is 19.3 Å². The van der Waals surface area contributed by atoms with Crippen LogP contribution in [0.5, 0.6) is 0 Å². The Kier molecular flexibility index (Phi) is 57.3. The van der Waals surface area contributed by atoms with Crippen molar-refractivity contribution in [2.75, 3.05) is 40.9 Å². The number of amides is 1. The fraction of sp³-hybridized carbons (Fsp3) is 0.771. The molecule has 0 aromatic rings. The Morgan fingerprint density at radius 2 is 0.800 bits per heavy atom. The number of rotatable bonds is 60. The number of hydrogen-bond acceptors (Lipinski definition) is 6. The second kappa shape index (κ2) is 59.4. The van der Waals surface area contributed by atoms with Crippen LogP contribution in [0.4, 0.5) is 0 Å². The molecule has 0 rings (SSSR count). The highest BCUT2D eigenvalue weighted by Gasteiger charge is 2.30. The molecule has 3 unspecified atom stereocenters. The average molecular weight is 1140 g/mol. The van der Waals surface area contributed by atoms with Crippen molar-refractivity contribution in [3.63, 3.8) is 0 Å². The van der Waals surface area contributed by atoms with Crippen LogP contribution in [0.3, 0.4) is 0 Å². The number of quaternary nitrogens is 1. The third-order valence-electron chi connectivity index (χ3n) is 14.8. The van der Waals surface area contributed by atoms with E-state index in [4.69, 9.17) is 13.8 Å². The van der Waals surface area contributed by atoms with Crippen LogP contribution in [0.25, 0.3) is 0 Å². The summed E-state index contributed by atoms with van der Waals surface area (Å²) in [6.07, 6.45) is 78.9. The lowest BCUT2D eigenvalue weighted by Gasteiger charge is -2.27. The standard InChI is InChI=1S/C70H127N2O7P/c1-7-10-13-16-19-22-25-28-30-32-33-34-35-36-37-38-39-41-43-45-48-51-54-57-60-63-70(74)79-68(61-58-55-52-49-46-27-24-21-18-15-12-9-3)67(66-78-80(75,76)77-65-64-72(4,5)6)71-69(73)62-59-56-53-50-47-44-42-40-31-29-26-23-20-17-14-11-8-2/h11,14,17,20,23,26,29,31,40,42,44,47,58,61,67-68H,7-10,12-13,15-16,18-19,21-22,24-25,27-28,30,32-39,41,43,45-46,48-57,59-60,62-66H2,1-6H3,(H-,71,73,75,76)/p+1/b14-11-,20-17+,26-23+,31-29-,42-40+,47-44+,61-58-. The molecule has 9 nitrogen and oxygen atoms in total. The number of likely N-dealkylation sites (N-methyl/N-ethyl adjacent to an activating group) is 1. The Hall–Kier alpha value is -2.81. The molecule has 2 N–H and O–H groups in total. The van der Waals surface area contributed by atoms with Gasteiger partial charge in [0.05, 0.1) is 33.8 Å². The molecule has 0 saturated carbocycles. The van der Waals surface area contributed by atoms with Gasteiger partial charge in [-0.05, 0) is 51.0 Å². The molecule has 0 heterocycles. The number of nitrogens with zero attached hydrogens (tertiary/aromatic N) is 1. The Morgan fingerprint density at radius 1 is 0.450 bits per heavy atom. The first-order valence-corrected chi connectivity index (χ1v) is 35.0. The van der Waals surface area contributed by atoms with Gasteiger partial charge in [-0.1, -0.05) is 318 Å². The zero-order chi connectivity index (χ0) is 58.6. The van der Waals surface area contributed by atoms with E-state index in [0.717, 1.165) is 64.2 Å². The molecule has 464 valence electrons. The second-order valence-electron chi connectivity index (χ2n) is 23.8. The Morgan fingerprint density at radius 3 is 1.21 bits per heavy atom. The predicted molar refractivity (Wildman–Crippen MR) is 346 cm³/mol. The van der Waals surface area contributed by atoms with Gasteiger partial charge in [-0.15, -0.1) is 0 Å². The molecule has 3 atom stereocenters. The van der Waals surface area contributed by atoms with Gasteiger partial charge in [-0.25, -0.2) is 4.57 Å². The van der Waals surface area contributed by atoms with Crippen LogP contribution in [0.1, 0.15) is 297 Å². The SMILES string of the molecule is CC\C=C/C=C/C=C/C=C\C=C\C=C\CCCCCC(=O)NC(COP(=O)(O)OCC[N+](C)(C)C)C(/C=C\CCCCCCCCCCCC)OC(=O)CCCCCCCCCCCCCCCCCCCCCCCCCCC. The Labute approximate surface area is 495 Å². The largest absolute Gasteiger partial charge is 0.472 e. The summed E-state index contributed by atoms with van der Waals surface area (Å²) in [6.45, 7) is 6.85. The van der Waals surface area contributed by atoms with Gasteiger partial charge in [-0.3, -0.25) is 18.6 Å². The zero-order valence-electron chi connectivity index (χ0n) is 53.1. The van der Waals surface area contributed by atoms with E-state index in [1.807, 2.05) is 94.1 Å². The first-order chi connectivity index (χ1) is 38.9. The van der Waals surface area contributed by atoms with Gasteiger partial charge in [0.15, 0.2) is 0 Å². The minimum absolute atomic E-state index is 0.0286. The van der Waals surface area contributed by atoms with Gasteiger partial charge in [-0.2, -0.15) is 0 Å². The third kappa shape index (κ3) is 59.8. The fourth-order valence-corrected chi connectivity index (χ4v) is 10.4. The van der Waals surface area contributed by atoms with Crippen LogP contribution in [0, 0.1) is 0 Å². The number of esters is 1. The molecule has 0 spiro atoms. The minimum atomic E-state index is -4.47. The van der Waals surface area contributed by atoms with E-state index in [-0.39, 0.29) is 37.9 Å². The predicted octanol–water partition coefficient (Wildman–Crippen LogP) is 21.0. The van der Waals surface area contributed by atoms with Crippen molar-refractivity contribution in [2.45, 2.75) is 309 Å². The summed E-state index contributed by atoms with van der Waals surface area (Å²) in [5, 5.41) is 3.04. The van der Waals surface area contributed by atoms with Crippen molar-refractivity contribution in [3.8, 4) is 0 Å². The molecule has 0 aliphatic heterocycles. The van der Waals surface area contributed by atoms with E-state index < -0.39 is 20.0 Å². The van der Waals surface area contributed by atoms with E-state index in [9.17, 15) is 19.0 Å². The number of nitrogens with one attached hydrogen (secondary N) is 1. The Bertz CT molecular complexity index is 1640. The molecular weight excluding hydrogens is 1010 g/mol. The number of phosphoric acid groups is 1. The lowest BCUT2D eigenvalue weighted by Crippen LogP contribution is -2.47. The van der Waals surface area contributed by atoms with Crippen molar-refractivity contribution in [1.29, 1.82) is 0 Å². The maximum absolute atomic E-state index is 13.5. The molecule has 0 saturated heterocycles. The third-order valence-corrected chi connectivity index (χ3v) is 15.7. The summed E-state index contributed by atoms with van der Waals surface area (Å²) in [4.78, 5) is 37.8. The van der Waals surface area contributed by atoms with E-state index in [2.05, 4.69) is 38.2 Å². The first kappa shape index (κ1) is 77.2. The lowest BCUT2D eigenvalue weighted by atomic mass is 10.0. The van der Waals surface area contributed by atoms with Crippen molar-refractivity contribution < 1.29 is 37.3 Å². The maximum atomic E-state index is 13.5. The van der Waals surface area contributed by atoms with Crippen molar-refractivity contribution in [3.05, 3.63) is 85.1 Å². The smallest absolute Gasteiger partial charge is 0.456 e. The summed E-state index contributed by atoms with van der Waals surface area (Å²) in [5.41, 5.74) is 0. The fourth-order valence-electron chi connectivity index (χ4n) is 9.62.